The van der Waals surface area contributed by atoms with Crippen LogP contribution in [0.1, 0.15) is 54.5 Å². The van der Waals surface area contributed by atoms with Gasteiger partial charge < -0.3 is 26.0 Å². The first kappa shape index (κ1) is 29.5. The molecule has 3 aromatic rings. The number of fused-ring (bicyclic) bond motifs is 2. The number of nitrogens with zero attached hydrogens (tertiary/aromatic N) is 2. The van der Waals surface area contributed by atoms with E-state index in [1.807, 2.05) is 20.0 Å². The summed E-state index contributed by atoms with van der Waals surface area (Å²) in [6.07, 6.45) is 1.59. The highest BCUT2D eigenvalue weighted by molar-refractivity contribution is 7.18. The zero-order valence-corrected chi connectivity index (χ0v) is 23.5. The number of methoxy groups -OCH3 is 1. The number of imide groups is 1. The Bertz CT molecular complexity index is 1370. The summed E-state index contributed by atoms with van der Waals surface area (Å²) in [4.78, 5) is 50.6. The van der Waals surface area contributed by atoms with E-state index < -0.39 is 0 Å². The van der Waals surface area contributed by atoms with Gasteiger partial charge in [0, 0.05) is 36.3 Å². The van der Waals surface area contributed by atoms with Crippen molar-refractivity contribution in [3.63, 3.8) is 0 Å². The van der Waals surface area contributed by atoms with Crippen LogP contribution in [0, 0.1) is 0 Å². The average Bonchev–Trinajstić information content (AvgIpc) is 3.50. The van der Waals surface area contributed by atoms with Crippen molar-refractivity contribution >= 4 is 57.6 Å². The fraction of sp³-hybridized carbons (Fsp3) is 0.370. The first-order chi connectivity index (χ1) is 18.5. The molecule has 11 nitrogen and oxygen atoms in total. The highest BCUT2D eigenvalue weighted by Crippen LogP contribution is 2.35. The van der Waals surface area contributed by atoms with E-state index in [0.29, 0.717) is 42.7 Å². The Morgan fingerprint density at radius 2 is 2.00 bits per heavy atom. The van der Waals surface area contributed by atoms with E-state index in [0.717, 1.165) is 26.5 Å². The van der Waals surface area contributed by atoms with Gasteiger partial charge >= 0.3 is 0 Å². The number of carbonyl (C=O) groups excluding carboxylic acids is 4. The van der Waals surface area contributed by atoms with Crippen LogP contribution in [-0.2, 0) is 26.5 Å². The van der Waals surface area contributed by atoms with E-state index in [2.05, 4.69) is 34.8 Å². The number of aromatic nitrogens is 1. The molecule has 1 aliphatic rings. The molecule has 1 aromatic heterocycles. The standard InChI is InChI=1S/C15H17N3O4.C12H17N3OS/c1-10(2-5-14(21)17-9-20)18-7-11-6-12(16-8-19)3-4-13(11)15(18)22;1-12(2,14-3)11-15-10-8(13)5-7(16-4)6-9(10)17-11/h3-4,6,8-10H,2,5,7H2,1H3,(H,16,19)(H,17,20,21);5-6,14H,13H2,1-4H3. The molecule has 0 saturated carbocycles. The lowest BCUT2D eigenvalue weighted by molar-refractivity contribution is -0.125. The largest absolute Gasteiger partial charge is 0.497 e. The van der Waals surface area contributed by atoms with Gasteiger partial charge in [-0.1, -0.05) is 0 Å². The van der Waals surface area contributed by atoms with Gasteiger partial charge in [0.15, 0.2) is 0 Å². The summed E-state index contributed by atoms with van der Waals surface area (Å²) in [5.41, 5.74) is 9.44. The third kappa shape index (κ3) is 6.89. The molecule has 5 N–H and O–H groups in total. The van der Waals surface area contributed by atoms with E-state index in [1.165, 1.54) is 0 Å². The maximum Gasteiger partial charge on any atom is 0.254 e. The average molecular weight is 555 g/mol. The number of nitrogens with two attached hydrogens (primary N) is 1. The number of nitrogen functional groups attached to an aromatic ring is 1. The van der Waals surface area contributed by atoms with Crippen LogP contribution < -0.4 is 26.4 Å². The fourth-order valence-electron chi connectivity index (χ4n) is 4.01. The summed E-state index contributed by atoms with van der Waals surface area (Å²) in [5, 5.41) is 8.90. The lowest BCUT2D eigenvalue weighted by atomic mass is 10.1. The topological polar surface area (TPSA) is 156 Å². The molecule has 39 heavy (non-hydrogen) atoms. The molecule has 4 rings (SSSR count). The molecule has 1 aliphatic heterocycles. The highest BCUT2D eigenvalue weighted by Gasteiger charge is 2.31. The molecule has 0 saturated heterocycles. The van der Waals surface area contributed by atoms with E-state index in [1.54, 1.807) is 47.6 Å². The molecule has 0 bridgehead atoms. The van der Waals surface area contributed by atoms with Crippen molar-refractivity contribution in [2.24, 2.45) is 0 Å². The van der Waals surface area contributed by atoms with E-state index in [4.69, 9.17) is 10.5 Å². The molecule has 1 unspecified atom stereocenters. The molecule has 4 amide bonds. The maximum atomic E-state index is 12.4. The van der Waals surface area contributed by atoms with Crippen LogP contribution in [0.5, 0.6) is 5.75 Å². The third-order valence-electron chi connectivity index (χ3n) is 6.60. The number of nitrogens with one attached hydrogen (secondary N) is 3. The molecule has 1 atom stereocenters. The van der Waals surface area contributed by atoms with Crippen molar-refractivity contribution in [1.29, 1.82) is 0 Å². The van der Waals surface area contributed by atoms with E-state index >= 15 is 0 Å². The second-order valence-corrected chi connectivity index (χ2v) is 10.6. The Kier molecular flexibility index (Phi) is 9.60. The molecule has 208 valence electrons. The van der Waals surface area contributed by atoms with E-state index in [9.17, 15) is 19.2 Å². The van der Waals surface area contributed by atoms with Gasteiger partial charge in [0.05, 0.1) is 23.0 Å². The minimum Gasteiger partial charge on any atom is -0.497 e. The molecule has 12 heteroatoms. The number of hydrogen-bond donors (Lipinski definition) is 4. The molecule has 0 radical (unpaired) electrons. The van der Waals surface area contributed by atoms with Gasteiger partial charge in [-0.25, -0.2) is 4.98 Å². The third-order valence-corrected chi connectivity index (χ3v) is 7.92. The van der Waals surface area contributed by atoms with Gasteiger partial charge in [-0.3, -0.25) is 24.5 Å². The Morgan fingerprint density at radius 1 is 1.26 bits per heavy atom. The van der Waals surface area contributed by atoms with Crippen molar-refractivity contribution in [2.45, 2.75) is 51.7 Å². The number of thiazole rings is 1. The second kappa shape index (κ2) is 12.7. The molecule has 0 fully saturated rings. The van der Waals surface area contributed by atoms with Crippen LogP contribution in [0.25, 0.3) is 10.2 Å². The molecule has 2 aromatic carbocycles. The van der Waals surface area contributed by atoms with Crippen LogP contribution in [-0.4, -0.2) is 54.7 Å². The normalized spacial score (nSPS) is 13.3. The first-order valence-corrected chi connectivity index (χ1v) is 13.2. The van der Waals surface area contributed by atoms with E-state index in [-0.39, 0.29) is 29.8 Å². The Morgan fingerprint density at radius 3 is 2.64 bits per heavy atom. The zero-order valence-electron chi connectivity index (χ0n) is 22.7. The SMILES string of the molecule is CC(CCC(=O)NC=O)N1Cc2cc(NC=O)ccc2C1=O.CNC(C)(C)c1nc2c(N)cc(OC)cc2s1. The molecule has 0 spiro atoms. The minimum atomic E-state index is -0.358. The number of benzene rings is 2. The molecular weight excluding hydrogens is 520 g/mol. The zero-order chi connectivity index (χ0) is 28.7. The Hall–Kier alpha value is -4.03. The summed E-state index contributed by atoms with van der Waals surface area (Å²) in [6, 6.07) is 8.79. The minimum absolute atomic E-state index is 0.0871. The molecular formula is C27H34N6O5S. The number of hydrogen-bond acceptors (Lipinski definition) is 9. The summed E-state index contributed by atoms with van der Waals surface area (Å²) in [7, 11) is 3.57. The predicted octanol–water partition coefficient (Wildman–Crippen LogP) is 2.99. The Labute approximate surface area is 231 Å². The van der Waals surface area contributed by atoms with Crippen molar-refractivity contribution in [2.75, 3.05) is 25.2 Å². The van der Waals surface area contributed by atoms with Crippen LogP contribution >= 0.6 is 11.3 Å². The summed E-state index contributed by atoms with van der Waals surface area (Å²) in [6.45, 7) is 6.50. The first-order valence-electron chi connectivity index (χ1n) is 12.3. The quantitative estimate of drug-likeness (QED) is 0.220. The number of ether oxygens (including phenoxy) is 1. The van der Waals surface area contributed by atoms with Crippen molar-refractivity contribution in [1.82, 2.24) is 20.5 Å². The predicted molar refractivity (Wildman–Crippen MR) is 152 cm³/mol. The number of rotatable bonds is 10. The monoisotopic (exact) mass is 554 g/mol. The summed E-state index contributed by atoms with van der Waals surface area (Å²) in [5.74, 6) is 0.326. The molecule has 2 heterocycles. The van der Waals surface area contributed by atoms with Gasteiger partial charge in [0.2, 0.25) is 18.7 Å². The van der Waals surface area contributed by atoms with Gasteiger partial charge in [-0.15, -0.1) is 11.3 Å². The van der Waals surface area contributed by atoms with Crippen molar-refractivity contribution < 1.29 is 23.9 Å². The van der Waals surface area contributed by atoms with Gasteiger partial charge in [-0.05, 0) is 64.1 Å². The lowest BCUT2D eigenvalue weighted by Crippen LogP contribution is -2.34. The van der Waals surface area contributed by atoms with Crippen LogP contribution in [0.2, 0.25) is 0 Å². The second-order valence-electron chi connectivity index (χ2n) is 9.60. The maximum absolute atomic E-state index is 12.4. The van der Waals surface area contributed by atoms with Crippen LogP contribution in [0.3, 0.4) is 0 Å². The fourth-order valence-corrected chi connectivity index (χ4v) is 5.15. The highest BCUT2D eigenvalue weighted by atomic mass is 32.1. The van der Waals surface area contributed by atoms with Crippen LogP contribution in [0.15, 0.2) is 30.3 Å². The van der Waals surface area contributed by atoms with Crippen molar-refractivity contribution in [3.8, 4) is 5.75 Å². The van der Waals surface area contributed by atoms with Gasteiger partial charge in [0.25, 0.3) is 5.91 Å². The Balaban J connectivity index is 0.000000223. The van der Waals surface area contributed by atoms with Gasteiger partial charge in [0.1, 0.15) is 16.3 Å². The van der Waals surface area contributed by atoms with Crippen LogP contribution in [0.4, 0.5) is 11.4 Å². The lowest BCUT2D eigenvalue weighted by Gasteiger charge is -2.23. The van der Waals surface area contributed by atoms with Crippen molar-refractivity contribution in [3.05, 3.63) is 46.5 Å². The summed E-state index contributed by atoms with van der Waals surface area (Å²) >= 11 is 1.64. The smallest absolute Gasteiger partial charge is 0.254 e. The number of amides is 4. The number of anilines is 2. The van der Waals surface area contributed by atoms with Gasteiger partial charge in [-0.2, -0.15) is 0 Å². The number of carbonyl (C=O) groups is 4. The summed E-state index contributed by atoms with van der Waals surface area (Å²) < 4.78 is 6.26. The molecule has 0 aliphatic carbocycles.